The maximum atomic E-state index is 12.5. The Morgan fingerprint density at radius 2 is 1.96 bits per heavy atom. The lowest BCUT2D eigenvalue weighted by atomic mass is 10.2. The van der Waals surface area contributed by atoms with Crippen LogP contribution in [0.1, 0.15) is 21.9 Å². The van der Waals surface area contributed by atoms with Crippen molar-refractivity contribution in [2.45, 2.75) is 13.8 Å². The summed E-state index contributed by atoms with van der Waals surface area (Å²) >= 11 is 5.99. The van der Waals surface area contributed by atoms with Crippen molar-refractivity contribution in [3.05, 3.63) is 46.4 Å². The SMILES string of the molecule is Cc1nc(NCCN(C)C)cc(C(=O)Nc2cc(Cl)ccc2C)n1. The lowest BCUT2D eigenvalue weighted by Crippen LogP contribution is -2.22. The summed E-state index contributed by atoms with van der Waals surface area (Å²) in [4.78, 5) is 23.1. The van der Waals surface area contributed by atoms with E-state index in [2.05, 4.69) is 25.5 Å². The molecule has 0 fully saturated rings. The van der Waals surface area contributed by atoms with Gasteiger partial charge in [-0.15, -0.1) is 0 Å². The number of anilines is 2. The highest BCUT2D eigenvalue weighted by molar-refractivity contribution is 6.31. The molecule has 2 aromatic rings. The number of benzene rings is 1. The zero-order valence-corrected chi connectivity index (χ0v) is 15.1. The van der Waals surface area contributed by atoms with Gasteiger partial charge >= 0.3 is 0 Å². The maximum absolute atomic E-state index is 12.5. The summed E-state index contributed by atoms with van der Waals surface area (Å²) in [6.45, 7) is 5.27. The fourth-order valence-electron chi connectivity index (χ4n) is 2.10. The number of nitrogens with one attached hydrogen (secondary N) is 2. The van der Waals surface area contributed by atoms with E-state index in [0.717, 1.165) is 18.7 Å². The first kappa shape index (κ1) is 18.2. The number of rotatable bonds is 6. The lowest BCUT2D eigenvalue weighted by Gasteiger charge is -2.12. The van der Waals surface area contributed by atoms with Crippen LogP contribution in [0.3, 0.4) is 0 Å². The number of amides is 1. The molecule has 128 valence electrons. The van der Waals surface area contributed by atoms with Crippen molar-refractivity contribution in [2.75, 3.05) is 37.8 Å². The second-order valence-electron chi connectivity index (χ2n) is 5.83. The van der Waals surface area contributed by atoms with Crippen LogP contribution in [-0.2, 0) is 0 Å². The first-order valence-electron chi connectivity index (χ1n) is 7.67. The molecule has 1 amide bonds. The standard InChI is InChI=1S/C17H22ClN5O/c1-11-5-6-13(18)9-14(11)22-17(24)15-10-16(21-12(2)20-15)19-7-8-23(3)4/h5-6,9-10H,7-8H2,1-4H3,(H,22,24)(H,19,20,21). The molecular weight excluding hydrogens is 326 g/mol. The van der Waals surface area contributed by atoms with Crippen molar-refractivity contribution < 1.29 is 4.79 Å². The van der Waals surface area contributed by atoms with Crippen molar-refractivity contribution in [1.82, 2.24) is 14.9 Å². The smallest absolute Gasteiger partial charge is 0.274 e. The van der Waals surface area contributed by atoms with E-state index < -0.39 is 0 Å². The molecule has 0 atom stereocenters. The Bertz CT molecular complexity index is 733. The van der Waals surface area contributed by atoms with Gasteiger partial charge in [-0.05, 0) is 45.6 Å². The van der Waals surface area contributed by atoms with Gasteiger partial charge in [0, 0.05) is 29.9 Å². The summed E-state index contributed by atoms with van der Waals surface area (Å²) in [6, 6.07) is 7.02. The zero-order chi connectivity index (χ0) is 17.7. The predicted molar refractivity (Wildman–Crippen MR) is 98.0 cm³/mol. The van der Waals surface area contributed by atoms with Crippen LogP contribution < -0.4 is 10.6 Å². The van der Waals surface area contributed by atoms with Gasteiger partial charge in [0.05, 0.1) is 0 Å². The molecule has 0 saturated carbocycles. The highest BCUT2D eigenvalue weighted by atomic mass is 35.5. The molecule has 0 unspecified atom stereocenters. The number of aromatic nitrogens is 2. The molecule has 0 bridgehead atoms. The van der Waals surface area contributed by atoms with Gasteiger partial charge in [-0.2, -0.15) is 0 Å². The van der Waals surface area contributed by atoms with Crippen molar-refractivity contribution in [3.8, 4) is 0 Å². The average Bonchev–Trinajstić information content (AvgIpc) is 2.50. The Morgan fingerprint density at radius 3 is 2.67 bits per heavy atom. The molecule has 1 aromatic heterocycles. The number of hydrogen-bond acceptors (Lipinski definition) is 5. The molecular formula is C17H22ClN5O. The average molecular weight is 348 g/mol. The lowest BCUT2D eigenvalue weighted by molar-refractivity contribution is 0.102. The Morgan fingerprint density at radius 1 is 1.21 bits per heavy atom. The van der Waals surface area contributed by atoms with E-state index in [1.165, 1.54) is 0 Å². The van der Waals surface area contributed by atoms with Crippen LogP contribution in [0.4, 0.5) is 11.5 Å². The first-order chi connectivity index (χ1) is 11.3. The molecule has 1 aromatic carbocycles. The van der Waals surface area contributed by atoms with Crippen molar-refractivity contribution in [2.24, 2.45) is 0 Å². The molecule has 0 spiro atoms. The highest BCUT2D eigenvalue weighted by Gasteiger charge is 2.12. The molecule has 0 saturated heterocycles. The van der Waals surface area contributed by atoms with Crippen LogP contribution in [-0.4, -0.2) is 48.0 Å². The second-order valence-corrected chi connectivity index (χ2v) is 6.27. The molecule has 2 N–H and O–H groups in total. The summed E-state index contributed by atoms with van der Waals surface area (Å²) in [5.74, 6) is 0.886. The Hall–Kier alpha value is -2.18. The van der Waals surface area contributed by atoms with Gasteiger partial charge in [-0.3, -0.25) is 4.79 Å². The number of likely N-dealkylation sites (N-methyl/N-ethyl adjacent to an activating group) is 1. The number of hydrogen-bond donors (Lipinski definition) is 2. The number of carbonyl (C=O) groups excluding carboxylic acids is 1. The molecule has 2 rings (SSSR count). The van der Waals surface area contributed by atoms with E-state index in [1.807, 2.05) is 27.1 Å². The summed E-state index contributed by atoms with van der Waals surface area (Å²) in [6.07, 6.45) is 0. The van der Waals surface area contributed by atoms with Crippen LogP contribution in [0.2, 0.25) is 5.02 Å². The van der Waals surface area contributed by atoms with Crippen molar-refractivity contribution in [3.63, 3.8) is 0 Å². The topological polar surface area (TPSA) is 70.2 Å². The number of halogens is 1. The molecule has 0 aliphatic heterocycles. The van der Waals surface area contributed by atoms with E-state index in [9.17, 15) is 4.79 Å². The van der Waals surface area contributed by atoms with Crippen LogP contribution in [0.25, 0.3) is 0 Å². The van der Waals surface area contributed by atoms with Crippen molar-refractivity contribution >= 4 is 29.0 Å². The Kier molecular flexibility index (Phi) is 6.11. The van der Waals surface area contributed by atoms with Gasteiger partial charge in [-0.1, -0.05) is 17.7 Å². The van der Waals surface area contributed by atoms with Gasteiger partial charge < -0.3 is 15.5 Å². The van der Waals surface area contributed by atoms with Gasteiger partial charge in [0.15, 0.2) is 0 Å². The third-order valence-corrected chi connectivity index (χ3v) is 3.62. The van der Waals surface area contributed by atoms with Crippen LogP contribution in [0.5, 0.6) is 0 Å². The van der Waals surface area contributed by atoms with Gasteiger partial charge in [0.25, 0.3) is 5.91 Å². The first-order valence-corrected chi connectivity index (χ1v) is 8.05. The van der Waals surface area contributed by atoms with E-state index in [-0.39, 0.29) is 5.91 Å². The van der Waals surface area contributed by atoms with E-state index in [1.54, 1.807) is 25.1 Å². The van der Waals surface area contributed by atoms with Crippen molar-refractivity contribution in [1.29, 1.82) is 0 Å². The number of aryl methyl sites for hydroxylation is 2. The number of carbonyl (C=O) groups is 1. The second kappa shape index (κ2) is 8.08. The molecule has 1 heterocycles. The van der Waals surface area contributed by atoms with E-state index in [4.69, 9.17) is 11.6 Å². The van der Waals surface area contributed by atoms with Crippen LogP contribution >= 0.6 is 11.6 Å². The molecule has 0 radical (unpaired) electrons. The molecule has 6 nitrogen and oxygen atoms in total. The van der Waals surface area contributed by atoms with E-state index in [0.29, 0.717) is 28.0 Å². The largest absolute Gasteiger partial charge is 0.369 e. The molecule has 7 heteroatoms. The van der Waals surface area contributed by atoms with Gasteiger partial charge in [-0.25, -0.2) is 9.97 Å². The molecule has 0 aliphatic rings. The summed E-state index contributed by atoms with van der Waals surface area (Å²) in [5.41, 5.74) is 1.92. The minimum Gasteiger partial charge on any atom is -0.369 e. The van der Waals surface area contributed by atoms with Gasteiger partial charge in [0.1, 0.15) is 17.3 Å². The monoisotopic (exact) mass is 347 g/mol. The normalized spacial score (nSPS) is 10.8. The van der Waals surface area contributed by atoms with E-state index >= 15 is 0 Å². The Labute approximate surface area is 147 Å². The number of nitrogens with zero attached hydrogens (tertiary/aromatic N) is 3. The third kappa shape index (κ3) is 5.18. The maximum Gasteiger partial charge on any atom is 0.274 e. The minimum absolute atomic E-state index is 0.290. The molecule has 0 aliphatic carbocycles. The van der Waals surface area contributed by atoms with Crippen LogP contribution in [0, 0.1) is 13.8 Å². The van der Waals surface area contributed by atoms with Gasteiger partial charge in [0.2, 0.25) is 0 Å². The predicted octanol–water partition coefficient (Wildman–Crippen LogP) is 2.97. The Balaban J connectivity index is 2.14. The zero-order valence-electron chi connectivity index (χ0n) is 14.4. The summed E-state index contributed by atoms with van der Waals surface area (Å²) < 4.78 is 0. The minimum atomic E-state index is -0.290. The third-order valence-electron chi connectivity index (χ3n) is 3.38. The fourth-order valence-corrected chi connectivity index (χ4v) is 2.27. The summed E-state index contributed by atoms with van der Waals surface area (Å²) in [7, 11) is 4.00. The highest BCUT2D eigenvalue weighted by Crippen LogP contribution is 2.21. The quantitative estimate of drug-likeness (QED) is 0.840. The van der Waals surface area contributed by atoms with Crippen LogP contribution in [0.15, 0.2) is 24.3 Å². The fraction of sp³-hybridized carbons (Fsp3) is 0.353. The molecule has 24 heavy (non-hydrogen) atoms. The summed E-state index contributed by atoms with van der Waals surface area (Å²) in [5, 5.41) is 6.62.